The van der Waals surface area contributed by atoms with E-state index in [9.17, 15) is 8.42 Å². The molecule has 0 bridgehead atoms. The first-order valence-corrected chi connectivity index (χ1v) is 9.61. The van der Waals surface area contributed by atoms with Crippen molar-refractivity contribution in [2.24, 2.45) is 0 Å². The summed E-state index contributed by atoms with van der Waals surface area (Å²) in [5.74, 6) is 0.236. The fourth-order valence-corrected chi connectivity index (χ4v) is 4.97. The van der Waals surface area contributed by atoms with Gasteiger partial charge in [-0.15, -0.1) is 0 Å². The summed E-state index contributed by atoms with van der Waals surface area (Å²) in [6.45, 7) is 4.71. The Morgan fingerprint density at radius 1 is 1.10 bits per heavy atom. The number of nitrogens with zero attached hydrogens (tertiary/aromatic N) is 2. The van der Waals surface area contributed by atoms with Gasteiger partial charge in [0, 0.05) is 25.3 Å². The van der Waals surface area contributed by atoms with Gasteiger partial charge in [0.2, 0.25) is 10.0 Å². The Hall–Kier alpha value is -1.23. The van der Waals surface area contributed by atoms with Gasteiger partial charge in [0.15, 0.2) is 0 Å². The third-order valence-electron chi connectivity index (χ3n) is 4.41. The second-order valence-corrected chi connectivity index (χ2v) is 8.01. The Kier molecular flexibility index (Phi) is 4.11. The molecule has 5 heteroatoms. The summed E-state index contributed by atoms with van der Waals surface area (Å²) in [4.78, 5) is 2.36. The normalized spacial score (nSPS) is 18.9. The predicted octanol–water partition coefficient (Wildman–Crippen LogP) is 2.78. The molecule has 1 saturated heterocycles. The number of hydrogen-bond donors (Lipinski definition) is 0. The predicted molar refractivity (Wildman–Crippen MR) is 87.6 cm³/mol. The Labute approximate surface area is 127 Å². The van der Waals surface area contributed by atoms with Gasteiger partial charge < -0.3 is 4.90 Å². The number of anilines is 2. The molecule has 3 rings (SSSR count). The first-order valence-electron chi connectivity index (χ1n) is 8.00. The largest absolute Gasteiger partial charge is 0.371 e. The van der Waals surface area contributed by atoms with Crippen molar-refractivity contribution < 1.29 is 8.42 Å². The zero-order chi connectivity index (χ0) is 14.9. The highest BCUT2D eigenvalue weighted by atomic mass is 32.2. The minimum atomic E-state index is -3.17. The second kappa shape index (κ2) is 5.87. The van der Waals surface area contributed by atoms with E-state index in [4.69, 9.17) is 0 Å². The number of sulfonamides is 1. The summed E-state index contributed by atoms with van der Waals surface area (Å²) in [6.07, 6.45) is 5.02. The molecule has 1 aromatic rings. The molecule has 0 spiro atoms. The number of fused-ring (bicyclic) bond motifs is 1. The van der Waals surface area contributed by atoms with Crippen LogP contribution in [-0.4, -0.2) is 33.8 Å². The van der Waals surface area contributed by atoms with Gasteiger partial charge in [-0.1, -0.05) is 13.0 Å². The SMILES string of the molecule is CCCS(=O)(=O)N1CCCc2ccc(N3CCCC3)cc21. The lowest BCUT2D eigenvalue weighted by Crippen LogP contribution is -2.37. The van der Waals surface area contributed by atoms with Gasteiger partial charge in [-0.2, -0.15) is 0 Å². The summed E-state index contributed by atoms with van der Waals surface area (Å²) in [5, 5.41) is 0. The number of rotatable bonds is 4. The van der Waals surface area contributed by atoms with Gasteiger partial charge in [-0.25, -0.2) is 8.42 Å². The van der Waals surface area contributed by atoms with Crippen LogP contribution in [0.25, 0.3) is 0 Å². The molecule has 1 aromatic carbocycles. The molecule has 116 valence electrons. The minimum Gasteiger partial charge on any atom is -0.371 e. The van der Waals surface area contributed by atoms with E-state index in [0.717, 1.165) is 31.6 Å². The molecule has 2 heterocycles. The topological polar surface area (TPSA) is 40.6 Å². The first kappa shape index (κ1) is 14.7. The summed E-state index contributed by atoms with van der Waals surface area (Å²) in [7, 11) is -3.17. The lowest BCUT2D eigenvalue weighted by molar-refractivity contribution is 0.585. The summed E-state index contributed by atoms with van der Waals surface area (Å²) < 4.78 is 26.6. The highest BCUT2D eigenvalue weighted by Gasteiger charge is 2.27. The van der Waals surface area contributed by atoms with Gasteiger partial charge in [-0.05, 0) is 49.8 Å². The molecule has 0 radical (unpaired) electrons. The molecule has 0 N–H and O–H groups in total. The van der Waals surface area contributed by atoms with Crippen molar-refractivity contribution in [2.45, 2.75) is 39.0 Å². The summed E-state index contributed by atoms with van der Waals surface area (Å²) in [6, 6.07) is 6.36. The van der Waals surface area contributed by atoms with Crippen molar-refractivity contribution >= 4 is 21.4 Å². The van der Waals surface area contributed by atoms with Crippen LogP contribution in [0.4, 0.5) is 11.4 Å². The lowest BCUT2D eigenvalue weighted by atomic mass is 10.0. The van der Waals surface area contributed by atoms with Crippen LogP contribution in [-0.2, 0) is 16.4 Å². The van der Waals surface area contributed by atoms with Crippen molar-refractivity contribution in [2.75, 3.05) is 34.6 Å². The molecule has 0 atom stereocenters. The highest BCUT2D eigenvalue weighted by Crippen LogP contribution is 2.34. The molecular weight excluding hydrogens is 284 g/mol. The maximum absolute atomic E-state index is 12.5. The number of hydrogen-bond acceptors (Lipinski definition) is 3. The van der Waals surface area contributed by atoms with E-state index >= 15 is 0 Å². The molecular formula is C16H24N2O2S. The Bertz CT molecular complexity index is 607. The molecule has 0 unspecified atom stereocenters. The molecule has 1 fully saturated rings. The van der Waals surface area contributed by atoms with Crippen molar-refractivity contribution in [1.29, 1.82) is 0 Å². The van der Waals surface area contributed by atoms with Crippen LogP contribution >= 0.6 is 0 Å². The van der Waals surface area contributed by atoms with E-state index in [1.807, 2.05) is 6.92 Å². The molecule has 2 aliphatic rings. The molecule has 21 heavy (non-hydrogen) atoms. The smallest absolute Gasteiger partial charge is 0.235 e. The van der Waals surface area contributed by atoms with Gasteiger partial charge in [0.1, 0.15) is 0 Å². The molecule has 0 saturated carbocycles. The maximum Gasteiger partial charge on any atom is 0.235 e. The Morgan fingerprint density at radius 3 is 2.57 bits per heavy atom. The van der Waals surface area contributed by atoms with Gasteiger partial charge in [-0.3, -0.25) is 4.31 Å². The first-order chi connectivity index (χ1) is 10.1. The average molecular weight is 308 g/mol. The third-order valence-corrected chi connectivity index (χ3v) is 6.39. The highest BCUT2D eigenvalue weighted by molar-refractivity contribution is 7.92. The van der Waals surface area contributed by atoms with E-state index in [1.165, 1.54) is 24.1 Å². The quantitative estimate of drug-likeness (QED) is 0.859. The van der Waals surface area contributed by atoms with Crippen LogP contribution in [0.1, 0.15) is 38.2 Å². The number of benzene rings is 1. The van der Waals surface area contributed by atoms with Crippen molar-refractivity contribution in [1.82, 2.24) is 0 Å². The fraction of sp³-hybridized carbons (Fsp3) is 0.625. The summed E-state index contributed by atoms with van der Waals surface area (Å²) in [5.41, 5.74) is 3.26. The van der Waals surface area contributed by atoms with Crippen molar-refractivity contribution in [3.8, 4) is 0 Å². The summed E-state index contributed by atoms with van der Waals surface area (Å²) >= 11 is 0. The van der Waals surface area contributed by atoms with Crippen LogP contribution in [0.5, 0.6) is 0 Å². The molecule has 4 nitrogen and oxygen atoms in total. The van der Waals surface area contributed by atoms with Crippen molar-refractivity contribution in [3.63, 3.8) is 0 Å². The Morgan fingerprint density at radius 2 is 1.86 bits per heavy atom. The van der Waals surface area contributed by atoms with Gasteiger partial charge in [0.05, 0.1) is 11.4 Å². The van der Waals surface area contributed by atoms with E-state index in [2.05, 4.69) is 23.1 Å². The average Bonchev–Trinajstić information content (AvgIpc) is 3.00. The second-order valence-electron chi connectivity index (χ2n) is 6.00. The molecule has 0 amide bonds. The standard InChI is InChI=1S/C16H24N2O2S/c1-2-12-21(19,20)18-11-5-6-14-7-8-15(13-16(14)18)17-9-3-4-10-17/h7-8,13H,2-6,9-12H2,1H3. The van der Waals surface area contributed by atoms with E-state index in [1.54, 1.807) is 4.31 Å². The monoisotopic (exact) mass is 308 g/mol. The molecule has 0 aliphatic carbocycles. The lowest BCUT2D eigenvalue weighted by Gasteiger charge is -2.32. The van der Waals surface area contributed by atoms with Crippen molar-refractivity contribution in [3.05, 3.63) is 23.8 Å². The van der Waals surface area contributed by atoms with E-state index < -0.39 is 10.0 Å². The van der Waals surface area contributed by atoms with Crippen LogP contribution in [0.15, 0.2) is 18.2 Å². The van der Waals surface area contributed by atoms with Gasteiger partial charge in [0.25, 0.3) is 0 Å². The van der Waals surface area contributed by atoms with Crippen LogP contribution in [0.2, 0.25) is 0 Å². The van der Waals surface area contributed by atoms with Gasteiger partial charge >= 0.3 is 0 Å². The minimum absolute atomic E-state index is 0.236. The van der Waals surface area contributed by atoms with Crippen LogP contribution in [0, 0.1) is 0 Å². The Balaban J connectivity index is 1.97. The molecule has 2 aliphatic heterocycles. The van der Waals surface area contributed by atoms with E-state index in [-0.39, 0.29) is 5.75 Å². The molecule has 0 aromatic heterocycles. The van der Waals surface area contributed by atoms with Crippen LogP contribution < -0.4 is 9.21 Å². The number of aryl methyl sites for hydroxylation is 1. The zero-order valence-corrected chi connectivity index (χ0v) is 13.5. The fourth-order valence-electron chi connectivity index (χ4n) is 3.36. The van der Waals surface area contributed by atoms with E-state index in [0.29, 0.717) is 13.0 Å². The van der Waals surface area contributed by atoms with Crippen LogP contribution in [0.3, 0.4) is 0 Å². The third kappa shape index (κ3) is 2.89. The maximum atomic E-state index is 12.5. The zero-order valence-electron chi connectivity index (χ0n) is 12.7.